The van der Waals surface area contributed by atoms with E-state index in [-0.39, 0.29) is 13.2 Å². The van der Waals surface area contributed by atoms with Gasteiger partial charge in [-0.25, -0.2) is 0 Å². The third-order valence-corrected chi connectivity index (χ3v) is 0.577. The van der Waals surface area contributed by atoms with Crippen molar-refractivity contribution in [2.45, 2.75) is 6.10 Å². The van der Waals surface area contributed by atoms with Crippen molar-refractivity contribution >= 4 is 16.1 Å². The van der Waals surface area contributed by atoms with Crippen LogP contribution in [0.5, 0.6) is 0 Å². The molecule has 42 valence electrons. The number of hydrogen-bond acceptors (Lipinski definition) is 3. The molecule has 0 heterocycles. The zero-order valence-corrected chi connectivity index (χ0v) is 4.41. The highest BCUT2D eigenvalue weighted by Gasteiger charge is 1.98. The second kappa shape index (κ2) is 5.15. The van der Waals surface area contributed by atoms with Gasteiger partial charge in [-0.1, -0.05) is 0 Å². The summed E-state index contributed by atoms with van der Waals surface area (Å²) in [5.41, 5.74) is 0. The molecule has 0 aliphatic carbocycles. The molecule has 0 saturated heterocycles. The van der Waals surface area contributed by atoms with Crippen LogP contribution in [0.2, 0.25) is 0 Å². The highest BCUT2D eigenvalue weighted by Crippen LogP contribution is 1.81. The van der Waals surface area contributed by atoms with E-state index in [4.69, 9.17) is 5.11 Å². The minimum absolute atomic E-state index is 0.0389. The molecule has 0 unspecified atom stereocenters. The molecule has 0 spiro atoms. The maximum atomic E-state index is 8.64. The standard InChI is InChI=1S/C3H6B2O3/c4-7-1-3(6)2-8-5/h3,6H,1-2H2. The van der Waals surface area contributed by atoms with Crippen LogP contribution >= 0.6 is 0 Å². The van der Waals surface area contributed by atoms with E-state index < -0.39 is 6.10 Å². The molecule has 0 saturated carbocycles. The Balaban J connectivity index is 2.92. The van der Waals surface area contributed by atoms with Gasteiger partial charge in [0.25, 0.3) is 16.1 Å². The summed E-state index contributed by atoms with van der Waals surface area (Å²) in [5, 5.41) is 8.64. The first-order chi connectivity index (χ1) is 3.81. The van der Waals surface area contributed by atoms with Gasteiger partial charge in [0.15, 0.2) is 0 Å². The van der Waals surface area contributed by atoms with Gasteiger partial charge in [-0.2, -0.15) is 0 Å². The van der Waals surface area contributed by atoms with Crippen LogP contribution < -0.4 is 0 Å². The van der Waals surface area contributed by atoms with Gasteiger partial charge in [0.1, 0.15) is 0 Å². The van der Waals surface area contributed by atoms with Crippen LogP contribution in [-0.4, -0.2) is 40.5 Å². The largest absolute Gasteiger partial charge is 0.445 e. The van der Waals surface area contributed by atoms with Crippen molar-refractivity contribution in [1.82, 2.24) is 0 Å². The average molecular weight is 112 g/mol. The minimum atomic E-state index is -0.731. The highest BCUT2D eigenvalue weighted by atomic mass is 16.5. The first-order valence-corrected chi connectivity index (χ1v) is 2.12. The maximum absolute atomic E-state index is 8.64. The molecular formula is C3H6B2O3. The van der Waals surface area contributed by atoms with Crippen molar-refractivity contribution in [3.05, 3.63) is 0 Å². The number of rotatable bonds is 4. The summed E-state index contributed by atoms with van der Waals surface area (Å²) in [7, 11) is 9.21. The lowest BCUT2D eigenvalue weighted by atomic mass is 10.4. The quantitative estimate of drug-likeness (QED) is 0.452. The van der Waals surface area contributed by atoms with Gasteiger partial charge < -0.3 is 14.4 Å². The monoisotopic (exact) mass is 112 g/mol. The summed E-state index contributed by atoms with van der Waals surface area (Å²) in [4.78, 5) is 0. The Morgan fingerprint density at radius 1 is 1.25 bits per heavy atom. The predicted octanol–water partition coefficient (Wildman–Crippen LogP) is -1.45. The van der Waals surface area contributed by atoms with Gasteiger partial charge in [-0.15, -0.1) is 0 Å². The van der Waals surface area contributed by atoms with Crippen LogP contribution in [0.1, 0.15) is 0 Å². The Morgan fingerprint density at radius 3 is 1.88 bits per heavy atom. The molecule has 0 amide bonds. The molecule has 4 radical (unpaired) electrons. The van der Waals surface area contributed by atoms with Crippen molar-refractivity contribution in [2.24, 2.45) is 0 Å². The summed E-state index contributed by atoms with van der Waals surface area (Å²) in [6, 6.07) is 0. The second-order valence-electron chi connectivity index (χ2n) is 1.32. The van der Waals surface area contributed by atoms with Crippen molar-refractivity contribution in [3.63, 3.8) is 0 Å². The molecule has 3 nitrogen and oxygen atoms in total. The summed E-state index contributed by atoms with van der Waals surface area (Å²) in [6.45, 7) is 0.0778. The number of hydrogen-bond donors (Lipinski definition) is 1. The molecular weight excluding hydrogens is 106 g/mol. The summed E-state index contributed by atoms with van der Waals surface area (Å²) in [5.74, 6) is 0. The fourth-order valence-electron chi connectivity index (χ4n) is 0.270. The lowest BCUT2D eigenvalue weighted by molar-refractivity contribution is 0.0692. The molecule has 0 aliphatic heterocycles. The Hall–Kier alpha value is 0.00987. The van der Waals surface area contributed by atoms with Crippen molar-refractivity contribution in [1.29, 1.82) is 0 Å². The van der Waals surface area contributed by atoms with Crippen molar-refractivity contribution in [2.75, 3.05) is 13.2 Å². The molecule has 0 aliphatic rings. The average Bonchev–Trinajstić information content (AvgIpc) is 1.68. The Labute approximate surface area is 50.9 Å². The Kier molecular flexibility index (Phi) is 5.16. The van der Waals surface area contributed by atoms with Crippen LogP contribution in [0.15, 0.2) is 0 Å². The van der Waals surface area contributed by atoms with Gasteiger partial charge in [-0.05, 0) is 0 Å². The fraction of sp³-hybridized carbons (Fsp3) is 1.00. The fourth-order valence-corrected chi connectivity index (χ4v) is 0.270. The molecule has 0 fully saturated rings. The second-order valence-corrected chi connectivity index (χ2v) is 1.32. The molecule has 0 rings (SSSR count). The van der Waals surface area contributed by atoms with Crippen molar-refractivity contribution < 1.29 is 14.4 Å². The van der Waals surface area contributed by atoms with Crippen LogP contribution in [0, 0.1) is 0 Å². The molecule has 0 atom stereocenters. The topological polar surface area (TPSA) is 38.7 Å². The van der Waals surface area contributed by atoms with E-state index in [0.717, 1.165) is 0 Å². The number of aliphatic hydroxyl groups excluding tert-OH is 1. The van der Waals surface area contributed by atoms with E-state index in [0.29, 0.717) is 0 Å². The molecule has 0 aromatic carbocycles. The van der Waals surface area contributed by atoms with Gasteiger partial charge in [-0.3, -0.25) is 0 Å². The Bertz CT molecular complexity index is 45.8. The molecule has 0 aromatic rings. The maximum Gasteiger partial charge on any atom is 0.282 e. The third kappa shape index (κ3) is 4.18. The smallest absolute Gasteiger partial charge is 0.282 e. The lowest BCUT2D eigenvalue weighted by Gasteiger charge is -2.06. The zero-order chi connectivity index (χ0) is 6.41. The minimum Gasteiger partial charge on any atom is -0.445 e. The molecule has 0 bridgehead atoms. The molecule has 1 N–H and O–H groups in total. The third-order valence-electron chi connectivity index (χ3n) is 0.577. The van der Waals surface area contributed by atoms with E-state index in [9.17, 15) is 0 Å². The van der Waals surface area contributed by atoms with Crippen LogP contribution in [0.3, 0.4) is 0 Å². The molecule has 0 aromatic heterocycles. The van der Waals surface area contributed by atoms with E-state index >= 15 is 0 Å². The molecule has 8 heavy (non-hydrogen) atoms. The van der Waals surface area contributed by atoms with Crippen LogP contribution in [0.25, 0.3) is 0 Å². The van der Waals surface area contributed by atoms with Gasteiger partial charge in [0.05, 0.1) is 19.3 Å². The summed E-state index contributed by atoms with van der Waals surface area (Å²) in [6.07, 6.45) is -0.731. The molecule has 5 heteroatoms. The van der Waals surface area contributed by atoms with E-state index in [2.05, 4.69) is 25.4 Å². The predicted molar refractivity (Wildman–Crippen MR) is 29.4 cm³/mol. The highest BCUT2D eigenvalue weighted by molar-refractivity contribution is 5.98. The van der Waals surface area contributed by atoms with Gasteiger partial charge in [0, 0.05) is 0 Å². The normalized spacial score (nSPS) is 10.2. The van der Waals surface area contributed by atoms with E-state index in [1.807, 2.05) is 0 Å². The lowest BCUT2D eigenvalue weighted by Crippen LogP contribution is -2.20. The van der Waals surface area contributed by atoms with E-state index in [1.165, 1.54) is 0 Å². The van der Waals surface area contributed by atoms with Crippen LogP contribution in [0.4, 0.5) is 0 Å². The summed E-state index contributed by atoms with van der Waals surface area (Å²) < 4.78 is 8.14. The number of aliphatic hydroxyl groups is 1. The Morgan fingerprint density at radius 2 is 1.62 bits per heavy atom. The SMILES string of the molecule is [B]OCC(O)CO[B]. The zero-order valence-electron chi connectivity index (χ0n) is 4.41. The first kappa shape index (κ1) is 8.01. The van der Waals surface area contributed by atoms with Gasteiger partial charge in [0.2, 0.25) is 0 Å². The van der Waals surface area contributed by atoms with Crippen LogP contribution in [-0.2, 0) is 9.31 Å². The summed E-state index contributed by atoms with van der Waals surface area (Å²) >= 11 is 0. The van der Waals surface area contributed by atoms with Gasteiger partial charge >= 0.3 is 0 Å². The first-order valence-electron chi connectivity index (χ1n) is 2.12. The van der Waals surface area contributed by atoms with E-state index in [1.54, 1.807) is 0 Å². The van der Waals surface area contributed by atoms with Crippen molar-refractivity contribution in [3.8, 4) is 0 Å².